The van der Waals surface area contributed by atoms with Gasteiger partial charge in [-0.25, -0.2) is 0 Å². The first-order valence-electron chi connectivity index (χ1n) is 6.07. The molecule has 2 aliphatic heterocycles. The molecule has 3 aliphatic rings. The summed E-state index contributed by atoms with van der Waals surface area (Å²) in [6.07, 6.45) is 2.05. The van der Waals surface area contributed by atoms with Crippen LogP contribution in [0.25, 0.3) is 0 Å². The number of fused-ring (bicyclic) bond motifs is 2. The molecular formula is C12H20O4. The third kappa shape index (κ3) is 1.37. The van der Waals surface area contributed by atoms with E-state index in [9.17, 15) is 5.11 Å². The molecule has 92 valence electrons. The minimum atomic E-state index is -0.575. The highest BCUT2D eigenvalue weighted by molar-refractivity contribution is 5.19. The standard InChI is InChI=1S/C12H20O4/c1-10(2)14-5-4-12(16-10)7-8(13)6-9-11(12,3)15-9/h8-9,13H,4-7H2,1-3H3/t8-,9-,11-,12+/m0/s1. The first-order chi connectivity index (χ1) is 7.37. The lowest BCUT2D eigenvalue weighted by atomic mass is 9.72. The van der Waals surface area contributed by atoms with Gasteiger partial charge in [0, 0.05) is 19.3 Å². The lowest BCUT2D eigenvalue weighted by molar-refractivity contribution is -0.330. The topological polar surface area (TPSA) is 51.2 Å². The fourth-order valence-corrected chi connectivity index (χ4v) is 3.35. The Morgan fingerprint density at radius 2 is 2.00 bits per heavy atom. The second-order valence-electron chi connectivity index (χ2n) is 5.90. The van der Waals surface area contributed by atoms with E-state index in [2.05, 4.69) is 6.92 Å². The first kappa shape index (κ1) is 11.0. The summed E-state index contributed by atoms with van der Waals surface area (Å²) in [7, 11) is 0. The zero-order chi connectivity index (χ0) is 11.6. The molecule has 0 aromatic heterocycles. The number of epoxide rings is 1. The number of rotatable bonds is 0. The van der Waals surface area contributed by atoms with E-state index in [0.717, 1.165) is 12.8 Å². The number of hydrogen-bond acceptors (Lipinski definition) is 4. The summed E-state index contributed by atoms with van der Waals surface area (Å²) in [5, 5.41) is 9.91. The molecule has 1 spiro atoms. The third-order valence-corrected chi connectivity index (χ3v) is 4.30. The average Bonchev–Trinajstić information content (AvgIpc) is 2.75. The van der Waals surface area contributed by atoms with Gasteiger partial charge in [0.25, 0.3) is 0 Å². The first-order valence-corrected chi connectivity index (χ1v) is 6.07. The molecule has 0 radical (unpaired) electrons. The summed E-state index contributed by atoms with van der Waals surface area (Å²) in [6.45, 7) is 6.63. The molecule has 1 saturated carbocycles. The van der Waals surface area contributed by atoms with Gasteiger partial charge in [0.15, 0.2) is 5.79 Å². The lowest BCUT2D eigenvalue weighted by Gasteiger charge is -2.49. The molecule has 16 heavy (non-hydrogen) atoms. The highest BCUT2D eigenvalue weighted by Gasteiger charge is 2.71. The van der Waals surface area contributed by atoms with E-state index >= 15 is 0 Å². The Morgan fingerprint density at radius 3 is 2.69 bits per heavy atom. The Morgan fingerprint density at radius 1 is 1.25 bits per heavy atom. The quantitative estimate of drug-likeness (QED) is 0.633. The summed E-state index contributed by atoms with van der Waals surface area (Å²) < 4.78 is 17.5. The van der Waals surface area contributed by atoms with Crippen molar-refractivity contribution in [1.29, 1.82) is 0 Å². The Bertz CT molecular complexity index is 316. The maximum Gasteiger partial charge on any atom is 0.163 e. The molecule has 2 heterocycles. The van der Waals surface area contributed by atoms with Gasteiger partial charge in [-0.2, -0.15) is 0 Å². The Balaban J connectivity index is 1.90. The van der Waals surface area contributed by atoms with Crippen LogP contribution in [0.5, 0.6) is 0 Å². The smallest absolute Gasteiger partial charge is 0.163 e. The number of ether oxygens (including phenoxy) is 3. The summed E-state index contributed by atoms with van der Waals surface area (Å²) in [5.74, 6) is -0.575. The molecule has 1 N–H and O–H groups in total. The third-order valence-electron chi connectivity index (χ3n) is 4.30. The van der Waals surface area contributed by atoms with E-state index in [0.29, 0.717) is 13.0 Å². The van der Waals surface area contributed by atoms with Gasteiger partial charge in [-0.1, -0.05) is 0 Å². The van der Waals surface area contributed by atoms with Gasteiger partial charge >= 0.3 is 0 Å². The van der Waals surface area contributed by atoms with Crippen LogP contribution in [0.3, 0.4) is 0 Å². The van der Waals surface area contributed by atoms with Crippen LogP contribution >= 0.6 is 0 Å². The summed E-state index contributed by atoms with van der Waals surface area (Å²) in [5.41, 5.74) is -0.579. The van der Waals surface area contributed by atoms with Gasteiger partial charge in [-0.05, 0) is 20.8 Å². The van der Waals surface area contributed by atoms with Crippen LogP contribution < -0.4 is 0 Å². The van der Waals surface area contributed by atoms with Crippen molar-refractivity contribution < 1.29 is 19.3 Å². The minimum Gasteiger partial charge on any atom is -0.393 e. The zero-order valence-corrected chi connectivity index (χ0v) is 10.2. The summed E-state index contributed by atoms with van der Waals surface area (Å²) >= 11 is 0. The van der Waals surface area contributed by atoms with Gasteiger partial charge in [0.1, 0.15) is 11.2 Å². The lowest BCUT2D eigenvalue weighted by Crippen LogP contribution is -2.60. The number of hydrogen-bond donors (Lipinski definition) is 1. The van der Waals surface area contributed by atoms with Gasteiger partial charge in [0.05, 0.1) is 18.8 Å². The molecular weight excluding hydrogens is 208 g/mol. The van der Waals surface area contributed by atoms with Crippen LogP contribution in [0.2, 0.25) is 0 Å². The zero-order valence-electron chi connectivity index (χ0n) is 10.2. The van der Waals surface area contributed by atoms with E-state index in [4.69, 9.17) is 14.2 Å². The molecule has 4 heteroatoms. The van der Waals surface area contributed by atoms with Crippen LogP contribution in [0.15, 0.2) is 0 Å². The van der Waals surface area contributed by atoms with Crippen molar-refractivity contribution in [2.24, 2.45) is 0 Å². The molecule has 0 aromatic carbocycles. The maximum absolute atomic E-state index is 9.91. The van der Waals surface area contributed by atoms with Crippen molar-refractivity contribution in [3.8, 4) is 0 Å². The highest BCUT2D eigenvalue weighted by Crippen LogP contribution is 2.58. The van der Waals surface area contributed by atoms with Crippen LogP contribution in [-0.2, 0) is 14.2 Å². The number of aliphatic hydroxyl groups excluding tert-OH is 1. The predicted octanol–water partition coefficient (Wildman–Crippen LogP) is 1.21. The van der Waals surface area contributed by atoms with E-state index in [1.54, 1.807) is 0 Å². The fraction of sp³-hybridized carbons (Fsp3) is 1.00. The average molecular weight is 228 g/mol. The van der Waals surface area contributed by atoms with Crippen molar-refractivity contribution in [3.63, 3.8) is 0 Å². The largest absolute Gasteiger partial charge is 0.393 e. The van der Waals surface area contributed by atoms with Gasteiger partial charge in [0.2, 0.25) is 0 Å². The molecule has 0 aromatic rings. The maximum atomic E-state index is 9.91. The molecule has 0 amide bonds. The molecule has 3 rings (SSSR count). The Hall–Kier alpha value is -0.160. The minimum absolute atomic E-state index is 0.158. The van der Waals surface area contributed by atoms with Gasteiger partial charge < -0.3 is 19.3 Å². The highest BCUT2D eigenvalue weighted by atomic mass is 16.7. The van der Waals surface area contributed by atoms with E-state index in [1.807, 2.05) is 13.8 Å². The Labute approximate surface area is 95.9 Å². The number of aliphatic hydroxyl groups is 1. The monoisotopic (exact) mass is 228 g/mol. The van der Waals surface area contributed by atoms with Gasteiger partial charge in [-0.3, -0.25) is 0 Å². The molecule has 2 saturated heterocycles. The van der Waals surface area contributed by atoms with Crippen molar-refractivity contribution in [2.45, 2.75) is 69.2 Å². The summed E-state index contributed by atoms with van der Waals surface area (Å²) in [4.78, 5) is 0. The van der Waals surface area contributed by atoms with Crippen molar-refractivity contribution in [1.82, 2.24) is 0 Å². The van der Waals surface area contributed by atoms with E-state index < -0.39 is 5.79 Å². The van der Waals surface area contributed by atoms with Crippen LogP contribution in [0, 0.1) is 0 Å². The molecule has 3 fully saturated rings. The fourth-order valence-electron chi connectivity index (χ4n) is 3.35. The van der Waals surface area contributed by atoms with Crippen molar-refractivity contribution >= 4 is 0 Å². The second-order valence-corrected chi connectivity index (χ2v) is 5.90. The SMILES string of the molecule is CC1(C)OCC[C@]2(C[C@@H](O)C[C@@H]3O[C@@]32C)O1. The molecule has 1 aliphatic carbocycles. The summed E-state index contributed by atoms with van der Waals surface area (Å²) in [6, 6.07) is 0. The van der Waals surface area contributed by atoms with Crippen molar-refractivity contribution in [2.75, 3.05) is 6.61 Å². The normalized spacial score (nSPS) is 54.8. The van der Waals surface area contributed by atoms with Crippen LogP contribution in [0.4, 0.5) is 0 Å². The van der Waals surface area contributed by atoms with Gasteiger partial charge in [-0.15, -0.1) is 0 Å². The predicted molar refractivity (Wildman–Crippen MR) is 57.0 cm³/mol. The Kier molecular flexibility index (Phi) is 2.05. The molecule has 4 nitrogen and oxygen atoms in total. The van der Waals surface area contributed by atoms with Crippen LogP contribution in [-0.4, -0.2) is 40.9 Å². The van der Waals surface area contributed by atoms with Crippen LogP contribution in [0.1, 0.15) is 40.0 Å². The van der Waals surface area contributed by atoms with Crippen molar-refractivity contribution in [3.05, 3.63) is 0 Å². The molecule has 0 unspecified atom stereocenters. The van der Waals surface area contributed by atoms with E-state index in [-0.39, 0.29) is 23.4 Å². The second kappa shape index (κ2) is 2.99. The van der Waals surface area contributed by atoms with E-state index in [1.165, 1.54) is 0 Å². The molecule has 0 bridgehead atoms. The molecule has 4 atom stereocenters.